The monoisotopic (exact) mass is 494 g/mol. The summed E-state index contributed by atoms with van der Waals surface area (Å²) in [5, 5.41) is 4.33. The number of aryl methyl sites for hydroxylation is 2. The summed E-state index contributed by atoms with van der Waals surface area (Å²) in [6, 6.07) is 25.5. The van der Waals surface area contributed by atoms with Gasteiger partial charge in [0.25, 0.3) is 5.56 Å². The van der Waals surface area contributed by atoms with Crippen LogP contribution >= 0.6 is 0 Å². The smallest absolute Gasteiger partial charge is 0.329 e. The fourth-order valence-electron chi connectivity index (χ4n) is 4.02. The number of nitrogens with zero attached hydrogens (tertiary/aromatic N) is 4. The number of imidazole rings is 1. The highest BCUT2D eigenvalue weighted by atomic mass is 16.5. The molecule has 0 aliphatic rings. The fourth-order valence-corrected chi connectivity index (χ4v) is 4.02. The van der Waals surface area contributed by atoms with Crippen molar-refractivity contribution in [2.75, 3.05) is 5.43 Å². The third-order valence-electron chi connectivity index (χ3n) is 5.94. The van der Waals surface area contributed by atoms with Crippen LogP contribution in [0.3, 0.4) is 0 Å². The maximum absolute atomic E-state index is 12.7. The van der Waals surface area contributed by atoms with E-state index < -0.39 is 11.2 Å². The van der Waals surface area contributed by atoms with Crippen LogP contribution in [-0.4, -0.2) is 25.3 Å². The van der Waals surface area contributed by atoms with E-state index in [0.717, 1.165) is 28.0 Å². The number of fused-ring (bicyclic) bond motifs is 1. The van der Waals surface area contributed by atoms with Gasteiger partial charge in [0.2, 0.25) is 5.95 Å². The Morgan fingerprint density at radius 2 is 1.76 bits per heavy atom. The van der Waals surface area contributed by atoms with Crippen molar-refractivity contribution in [3.8, 4) is 5.75 Å². The second-order valence-corrected chi connectivity index (χ2v) is 8.71. The molecule has 9 heteroatoms. The first-order valence-electron chi connectivity index (χ1n) is 11.8. The van der Waals surface area contributed by atoms with Gasteiger partial charge in [-0.05, 0) is 47.9 Å². The number of aromatic nitrogens is 4. The summed E-state index contributed by atoms with van der Waals surface area (Å²) in [4.78, 5) is 31.7. The summed E-state index contributed by atoms with van der Waals surface area (Å²) < 4.78 is 8.87. The van der Waals surface area contributed by atoms with Gasteiger partial charge in [0.1, 0.15) is 12.4 Å². The Labute approximate surface area is 212 Å². The van der Waals surface area contributed by atoms with Crippen molar-refractivity contribution in [2.24, 2.45) is 12.1 Å². The topological polar surface area (TPSA) is 106 Å². The van der Waals surface area contributed by atoms with Crippen molar-refractivity contribution in [3.05, 3.63) is 122 Å². The van der Waals surface area contributed by atoms with Crippen molar-refractivity contribution < 1.29 is 4.74 Å². The van der Waals surface area contributed by atoms with E-state index in [9.17, 15) is 9.59 Å². The number of rotatable bonds is 8. The van der Waals surface area contributed by atoms with Gasteiger partial charge in [0, 0.05) is 7.05 Å². The number of hydrogen-bond acceptors (Lipinski definition) is 6. The van der Waals surface area contributed by atoms with Crippen LogP contribution in [0.15, 0.2) is 93.6 Å². The van der Waals surface area contributed by atoms with Crippen LogP contribution in [0.2, 0.25) is 0 Å². The van der Waals surface area contributed by atoms with Gasteiger partial charge < -0.3 is 4.74 Å². The zero-order chi connectivity index (χ0) is 25.8. The van der Waals surface area contributed by atoms with Gasteiger partial charge in [-0.3, -0.25) is 18.9 Å². The molecule has 0 spiro atoms. The molecule has 0 saturated heterocycles. The van der Waals surface area contributed by atoms with Crippen molar-refractivity contribution in [1.29, 1.82) is 0 Å². The summed E-state index contributed by atoms with van der Waals surface area (Å²) in [7, 11) is 1.57. The molecule has 3 aromatic carbocycles. The Hall–Kier alpha value is -4.92. The van der Waals surface area contributed by atoms with Crippen molar-refractivity contribution >= 4 is 23.3 Å². The van der Waals surface area contributed by atoms with Gasteiger partial charge in [0.15, 0.2) is 11.2 Å². The van der Waals surface area contributed by atoms with Gasteiger partial charge >= 0.3 is 5.69 Å². The largest absolute Gasteiger partial charge is 0.489 e. The van der Waals surface area contributed by atoms with Crippen LogP contribution in [-0.2, 0) is 20.2 Å². The summed E-state index contributed by atoms with van der Waals surface area (Å²) in [5.74, 6) is 1.11. The van der Waals surface area contributed by atoms with Crippen LogP contribution in [0.5, 0.6) is 5.75 Å². The molecule has 2 aromatic heterocycles. The third kappa shape index (κ3) is 5.35. The van der Waals surface area contributed by atoms with Crippen LogP contribution in [0.25, 0.3) is 11.2 Å². The summed E-state index contributed by atoms with van der Waals surface area (Å²) >= 11 is 0. The van der Waals surface area contributed by atoms with Crippen LogP contribution in [0.1, 0.15) is 22.3 Å². The number of anilines is 1. The molecule has 5 rings (SSSR count). The standard InChI is InChI=1S/C28H26N6O3/c1-19-7-6-10-22(15-19)17-34-24-25(33(2)28(36)31-26(24)35)30-27(34)32-29-16-20-11-13-23(14-12-20)37-18-21-8-4-3-5-9-21/h3-16H,17-18H2,1-2H3,(H,30,32)(H,31,35,36)/b29-16+. The SMILES string of the molecule is Cc1cccc(Cn2c(N/N=C/c3ccc(OCc4ccccc4)cc3)nc3c2c(=O)[nH]c(=O)n3C)c1. The van der Waals surface area contributed by atoms with E-state index in [4.69, 9.17) is 4.74 Å². The first-order valence-corrected chi connectivity index (χ1v) is 11.8. The Morgan fingerprint density at radius 3 is 2.51 bits per heavy atom. The molecule has 37 heavy (non-hydrogen) atoms. The zero-order valence-electron chi connectivity index (χ0n) is 20.5. The average molecular weight is 495 g/mol. The first-order chi connectivity index (χ1) is 18.0. The number of ether oxygens (including phenoxy) is 1. The predicted octanol–water partition coefficient (Wildman–Crippen LogP) is 3.81. The van der Waals surface area contributed by atoms with Crippen molar-refractivity contribution in [2.45, 2.75) is 20.1 Å². The number of hydrogen-bond donors (Lipinski definition) is 2. The minimum atomic E-state index is -0.526. The van der Waals surface area contributed by atoms with Crippen LogP contribution in [0.4, 0.5) is 5.95 Å². The van der Waals surface area contributed by atoms with Gasteiger partial charge in [-0.25, -0.2) is 10.2 Å². The number of hydrazone groups is 1. The fraction of sp³-hybridized carbons (Fsp3) is 0.143. The maximum atomic E-state index is 12.7. The zero-order valence-corrected chi connectivity index (χ0v) is 20.5. The number of H-pyrrole nitrogens is 1. The molecular formula is C28H26N6O3. The summed E-state index contributed by atoms with van der Waals surface area (Å²) in [5.41, 5.74) is 6.54. The lowest BCUT2D eigenvalue weighted by atomic mass is 10.1. The lowest BCUT2D eigenvalue weighted by Crippen LogP contribution is -2.29. The Bertz CT molecular complexity index is 1680. The van der Waals surface area contributed by atoms with Gasteiger partial charge in [-0.15, -0.1) is 0 Å². The molecule has 0 unspecified atom stereocenters. The summed E-state index contributed by atoms with van der Waals surface area (Å²) in [6.45, 7) is 2.88. The summed E-state index contributed by atoms with van der Waals surface area (Å²) in [6.07, 6.45) is 1.65. The van der Waals surface area contributed by atoms with Crippen molar-refractivity contribution in [1.82, 2.24) is 19.1 Å². The first kappa shape index (κ1) is 23.8. The van der Waals surface area contributed by atoms with Crippen LogP contribution < -0.4 is 21.4 Å². The van der Waals surface area contributed by atoms with E-state index in [1.165, 1.54) is 4.57 Å². The minimum absolute atomic E-state index is 0.277. The quantitative estimate of drug-likeness (QED) is 0.252. The molecule has 0 aliphatic heterocycles. The second kappa shape index (κ2) is 10.4. The number of benzene rings is 3. The Kier molecular flexibility index (Phi) is 6.67. The molecule has 0 fully saturated rings. The van der Waals surface area contributed by atoms with Gasteiger partial charge in [-0.1, -0.05) is 60.2 Å². The third-order valence-corrected chi connectivity index (χ3v) is 5.94. The highest BCUT2D eigenvalue weighted by Gasteiger charge is 2.17. The van der Waals surface area contributed by atoms with E-state index in [0.29, 0.717) is 24.6 Å². The molecule has 0 aliphatic carbocycles. The molecule has 5 aromatic rings. The molecule has 0 radical (unpaired) electrons. The highest BCUT2D eigenvalue weighted by molar-refractivity contribution is 5.80. The Balaban J connectivity index is 1.37. The number of aromatic amines is 1. The minimum Gasteiger partial charge on any atom is -0.489 e. The van der Waals surface area contributed by atoms with E-state index in [-0.39, 0.29) is 5.65 Å². The molecule has 186 valence electrons. The molecule has 0 amide bonds. The molecular weight excluding hydrogens is 468 g/mol. The Morgan fingerprint density at radius 1 is 1.00 bits per heavy atom. The molecule has 2 N–H and O–H groups in total. The predicted molar refractivity (Wildman–Crippen MR) is 144 cm³/mol. The number of nitrogens with one attached hydrogen (secondary N) is 2. The van der Waals surface area contributed by atoms with E-state index in [1.54, 1.807) is 17.8 Å². The van der Waals surface area contributed by atoms with E-state index in [1.807, 2.05) is 85.8 Å². The normalized spacial score (nSPS) is 11.3. The molecule has 9 nitrogen and oxygen atoms in total. The van der Waals surface area contributed by atoms with E-state index >= 15 is 0 Å². The lowest BCUT2D eigenvalue weighted by molar-refractivity contribution is 0.306. The van der Waals surface area contributed by atoms with Gasteiger partial charge in [0.05, 0.1) is 12.8 Å². The molecule has 0 bridgehead atoms. The highest BCUT2D eigenvalue weighted by Crippen LogP contribution is 2.19. The molecule has 0 atom stereocenters. The lowest BCUT2D eigenvalue weighted by Gasteiger charge is -2.09. The molecule has 0 saturated carbocycles. The van der Waals surface area contributed by atoms with Gasteiger partial charge in [-0.2, -0.15) is 10.1 Å². The second-order valence-electron chi connectivity index (χ2n) is 8.71. The maximum Gasteiger partial charge on any atom is 0.329 e. The molecule has 2 heterocycles. The van der Waals surface area contributed by atoms with Crippen molar-refractivity contribution in [3.63, 3.8) is 0 Å². The average Bonchev–Trinajstić information content (AvgIpc) is 3.26. The van der Waals surface area contributed by atoms with Crippen LogP contribution in [0, 0.1) is 6.92 Å². The van der Waals surface area contributed by atoms with E-state index in [2.05, 4.69) is 20.5 Å².